The lowest BCUT2D eigenvalue weighted by Crippen LogP contribution is -2.38. The molecule has 0 spiro atoms. The van der Waals surface area contributed by atoms with Crippen molar-refractivity contribution in [2.75, 3.05) is 20.3 Å². The van der Waals surface area contributed by atoms with Gasteiger partial charge in [-0.1, -0.05) is 5.16 Å². The van der Waals surface area contributed by atoms with Crippen LogP contribution in [-0.4, -0.2) is 58.6 Å². The minimum absolute atomic E-state index is 0.0451. The molecule has 1 amide bonds. The second-order valence-electron chi connectivity index (χ2n) is 4.09. The van der Waals surface area contributed by atoms with Crippen LogP contribution in [0.2, 0.25) is 0 Å². The largest absolute Gasteiger partial charge is 0.394 e. The van der Waals surface area contributed by atoms with Gasteiger partial charge in [0.1, 0.15) is 5.69 Å². The molecule has 0 aliphatic carbocycles. The zero-order valence-electron chi connectivity index (χ0n) is 9.79. The number of methoxy groups -OCH3 is 1. The Bertz CT molecular complexity index is 406. The summed E-state index contributed by atoms with van der Waals surface area (Å²) in [6, 6.07) is -0.233. The molecule has 7 nitrogen and oxygen atoms in total. The van der Waals surface area contributed by atoms with Gasteiger partial charge in [0, 0.05) is 13.7 Å². The van der Waals surface area contributed by atoms with Crippen molar-refractivity contribution in [2.45, 2.75) is 25.5 Å². The number of aliphatic hydroxyl groups is 1. The third kappa shape index (κ3) is 2.16. The molecule has 2 atom stereocenters. The molecule has 0 radical (unpaired) electrons. The molecule has 1 aromatic rings. The van der Waals surface area contributed by atoms with Gasteiger partial charge in [0.05, 0.1) is 18.8 Å². The molecule has 1 aliphatic rings. The summed E-state index contributed by atoms with van der Waals surface area (Å²) >= 11 is 0. The highest BCUT2D eigenvalue weighted by atomic mass is 16.6. The van der Waals surface area contributed by atoms with Gasteiger partial charge in [-0.05, 0) is 18.5 Å². The predicted octanol–water partition coefficient (Wildman–Crippen LogP) is -0.400. The van der Waals surface area contributed by atoms with E-state index in [0.29, 0.717) is 18.7 Å². The van der Waals surface area contributed by atoms with Crippen LogP contribution in [0.1, 0.15) is 22.6 Å². The average molecular weight is 241 g/mol. The molecular formula is C10H15N3O4. The van der Waals surface area contributed by atoms with Gasteiger partial charge in [-0.15, -0.1) is 0 Å². The van der Waals surface area contributed by atoms with Gasteiger partial charge in [-0.2, -0.15) is 0 Å². The molecule has 17 heavy (non-hydrogen) atoms. The van der Waals surface area contributed by atoms with Crippen molar-refractivity contribution in [1.82, 2.24) is 15.2 Å². The molecule has 0 bridgehead atoms. The van der Waals surface area contributed by atoms with Crippen molar-refractivity contribution >= 4 is 5.91 Å². The quantitative estimate of drug-likeness (QED) is 0.774. The Balaban J connectivity index is 2.16. The third-order valence-electron chi connectivity index (χ3n) is 3.04. The fourth-order valence-electron chi connectivity index (χ4n) is 2.03. The molecule has 7 heteroatoms. The minimum atomic E-state index is -0.276. The number of carbonyl (C=O) groups excluding carboxylic acids is 1. The number of hydrogen-bond acceptors (Lipinski definition) is 6. The van der Waals surface area contributed by atoms with E-state index in [-0.39, 0.29) is 30.4 Å². The smallest absolute Gasteiger partial charge is 0.278 e. The van der Waals surface area contributed by atoms with Crippen molar-refractivity contribution in [3.05, 3.63) is 11.4 Å². The summed E-state index contributed by atoms with van der Waals surface area (Å²) in [5.41, 5.74) is 0.646. The maximum absolute atomic E-state index is 12.2. The zero-order valence-corrected chi connectivity index (χ0v) is 9.79. The van der Waals surface area contributed by atoms with Gasteiger partial charge in [-0.25, -0.2) is 4.63 Å². The van der Waals surface area contributed by atoms with Gasteiger partial charge in [-0.3, -0.25) is 4.79 Å². The molecule has 1 aliphatic heterocycles. The monoisotopic (exact) mass is 241 g/mol. The Hall–Kier alpha value is -1.47. The molecule has 0 aromatic carbocycles. The van der Waals surface area contributed by atoms with Crippen molar-refractivity contribution in [3.63, 3.8) is 0 Å². The first-order chi connectivity index (χ1) is 8.17. The van der Waals surface area contributed by atoms with Crippen molar-refractivity contribution in [1.29, 1.82) is 0 Å². The Morgan fingerprint density at radius 1 is 1.65 bits per heavy atom. The van der Waals surface area contributed by atoms with Crippen LogP contribution in [-0.2, 0) is 4.74 Å². The minimum Gasteiger partial charge on any atom is -0.394 e. The fraction of sp³-hybridized carbons (Fsp3) is 0.700. The number of aliphatic hydroxyl groups excluding tert-OH is 1. The van der Waals surface area contributed by atoms with E-state index in [1.165, 1.54) is 0 Å². The van der Waals surface area contributed by atoms with Crippen LogP contribution in [0.4, 0.5) is 0 Å². The Labute approximate surface area is 98.3 Å². The van der Waals surface area contributed by atoms with E-state index >= 15 is 0 Å². The summed E-state index contributed by atoms with van der Waals surface area (Å²) in [5.74, 6) is -0.276. The third-order valence-corrected chi connectivity index (χ3v) is 3.04. The van der Waals surface area contributed by atoms with E-state index in [9.17, 15) is 9.90 Å². The normalized spacial score (nSPS) is 24.3. The summed E-state index contributed by atoms with van der Waals surface area (Å²) in [5, 5.41) is 16.4. The predicted molar refractivity (Wildman–Crippen MR) is 56.4 cm³/mol. The summed E-state index contributed by atoms with van der Waals surface area (Å²) < 4.78 is 9.71. The highest BCUT2D eigenvalue weighted by Gasteiger charge is 2.37. The Morgan fingerprint density at radius 3 is 2.94 bits per heavy atom. The molecule has 1 fully saturated rings. The van der Waals surface area contributed by atoms with Gasteiger partial charge >= 0.3 is 0 Å². The van der Waals surface area contributed by atoms with E-state index in [1.807, 2.05) is 0 Å². The van der Waals surface area contributed by atoms with Gasteiger partial charge in [0.15, 0.2) is 5.69 Å². The summed E-state index contributed by atoms with van der Waals surface area (Å²) in [6.07, 6.45) is 0.583. The van der Waals surface area contributed by atoms with Crippen molar-refractivity contribution < 1.29 is 19.3 Å². The van der Waals surface area contributed by atoms with E-state index in [0.717, 1.165) is 0 Å². The first kappa shape index (κ1) is 12.0. The lowest BCUT2D eigenvalue weighted by atomic mass is 10.2. The average Bonchev–Trinajstić information content (AvgIpc) is 2.93. The highest BCUT2D eigenvalue weighted by Crippen LogP contribution is 2.22. The first-order valence-electron chi connectivity index (χ1n) is 5.41. The van der Waals surface area contributed by atoms with Gasteiger partial charge in [0.25, 0.3) is 5.91 Å². The SMILES string of the molecule is CO[C@H]1C[C@@H](CO)N(C(=O)c2nonc2C)C1. The number of carbonyl (C=O) groups is 1. The van der Waals surface area contributed by atoms with Gasteiger partial charge < -0.3 is 14.7 Å². The van der Waals surface area contributed by atoms with E-state index in [4.69, 9.17) is 4.74 Å². The van der Waals surface area contributed by atoms with E-state index < -0.39 is 0 Å². The molecule has 1 N–H and O–H groups in total. The van der Waals surface area contributed by atoms with E-state index in [1.54, 1.807) is 18.9 Å². The fourth-order valence-corrected chi connectivity index (χ4v) is 2.03. The number of nitrogens with zero attached hydrogens (tertiary/aromatic N) is 3. The van der Waals surface area contributed by atoms with E-state index in [2.05, 4.69) is 14.9 Å². The van der Waals surface area contributed by atoms with Crippen LogP contribution in [0.25, 0.3) is 0 Å². The molecular weight excluding hydrogens is 226 g/mol. The molecule has 0 saturated carbocycles. The van der Waals surface area contributed by atoms with Crippen LogP contribution in [0.3, 0.4) is 0 Å². The lowest BCUT2D eigenvalue weighted by Gasteiger charge is -2.21. The number of aromatic nitrogens is 2. The molecule has 2 heterocycles. The van der Waals surface area contributed by atoms with Crippen molar-refractivity contribution in [2.24, 2.45) is 0 Å². The zero-order chi connectivity index (χ0) is 12.4. The van der Waals surface area contributed by atoms with Crippen LogP contribution in [0.5, 0.6) is 0 Å². The first-order valence-corrected chi connectivity index (χ1v) is 5.41. The number of hydrogen-bond donors (Lipinski definition) is 1. The number of likely N-dealkylation sites (tertiary alicyclic amines) is 1. The number of ether oxygens (including phenoxy) is 1. The molecule has 0 unspecified atom stereocenters. The maximum atomic E-state index is 12.2. The summed E-state index contributed by atoms with van der Waals surface area (Å²) in [6.45, 7) is 2.02. The number of amides is 1. The van der Waals surface area contributed by atoms with Crippen molar-refractivity contribution in [3.8, 4) is 0 Å². The highest BCUT2D eigenvalue weighted by molar-refractivity contribution is 5.93. The molecule has 2 rings (SSSR count). The Morgan fingerprint density at radius 2 is 2.41 bits per heavy atom. The second-order valence-corrected chi connectivity index (χ2v) is 4.09. The summed E-state index contributed by atoms with van der Waals surface area (Å²) in [7, 11) is 1.59. The van der Waals surface area contributed by atoms with Gasteiger partial charge in [0.2, 0.25) is 0 Å². The summed E-state index contributed by atoms with van der Waals surface area (Å²) in [4.78, 5) is 13.7. The molecule has 1 saturated heterocycles. The Kier molecular flexibility index (Phi) is 3.39. The standard InChI is InChI=1S/C10H15N3O4/c1-6-9(12-17-11-6)10(15)13-4-8(16-2)3-7(13)5-14/h7-8,14H,3-5H2,1-2H3/t7-,8-/m0/s1. The number of rotatable bonds is 3. The van der Waals surface area contributed by atoms with Crippen LogP contribution < -0.4 is 0 Å². The topological polar surface area (TPSA) is 88.7 Å². The molecule has 94 valence electrons. The van der Waals surface area contributed by atoms with Crippen LogP contribution >= 0.6 is 0 Å². The number of aryl methyl sites for hydroxylation is 1. The van der Waals surface area contributed by atoms with Crippen LogP contribution in [0, 0.1) is 6.92 Å². The second kappa shape index (κ2) is 4.80. The maximum Gasteiger partial charge on any atom is 0.278 e. The lowest BCUT2D eigenvalue weighted by molar-refractivity contribution is 0.0636. The molecule has 1 aromatic heterocycles. The van der Waals surface area contributed by atoms with Crippen LogP contribution in [0.15, 0.2) is 4.63 Å².